The lowest BCUT2D eigenvalue weighted by molar-refractivity contribution is 0.601. The van der Waals surface area contributed by atoms with Gasteiger partial charge in [-0.3, -0.25) is 0 Å². The summed E-state index contributed by atoms with van der Waals surface area (Å²) in [6, 6.07) is 0. The number of nitrogens with zero attached hydrogens (tertiary/aromatic N) is 2. The fourth-order valence-electron chi connectivity index (χ4n) is 1.74. The van der Waals surface area contributed by atoms with Gasteiger partial charge < -0.3 is 5.73 Å². The van der Waals surface area contributed by atoms with Gasteiger partial charge in [0.15, 0.2) is 9.84 Å². The lowest BCUT2D eigenvalue weighted by Gasteiger charge is -2.06. The standard InChI is InChI=1S/C9H13N3O2S/c10-3-9-11-4-8(5-12-9)7-1-2-15(13,14)6-7/h4-5,7H,1-3,6,10H2. The number of rotatable bonds is 2. The van der Waals surface area contributed by atoms with Crippen LogP contribution in [0.3, 0.4) is 0 Å². The summed E-state index contributed by atoms with van der Waals surface area (Å²) in [7, 11) is -2.84. The van der Waals surface area contributed by atoms with Crippen LogP contribution in [0.25, 0.3) is 0 Å². The van der Waals surface area contributed by atoms with Gasteiger partial charge in [-0.25, -0.2) is 18.4 Å². The van der Waals surface area contributed by atoms with E-state index in [0.29, 0.717) is 18.8 Å². The van der Waals surface area contributed by atoms with E-state index in [2.05, 4.69) is 9.97 Å². The minimum absolute atomic E-state index is 0.0572. The van der Waals surface area contributed by atoms with Gasteiger partial charge in [0.25, 0.3) is 0 Å². The summed E-state index contributed by atoms with van der Waals surface area (Å²) in [5, 5.41) is 0. The monoisotopic (exact) mass is 227 g/mol. The third kappa shape index (κ3) is 2.32. The van der Waals surface area contributed by atoms with Gasteiger partial charge in [0.1, 0.15) is 5.82 Å². The summed E-state index contributed by atoms with van der Waals surface area (Å²) < 4.78 is 22.6. The highest BCUT2D eigenvalue weighted by Gasteiger charge is 2.29. The highest BCUT2D eigenvalue weighted by atomic mass is 32.2. The van der Waals surface area contributed by atoms with E-state index in [1.807, 2.05) is 0 Å². The minimum Gasteiger partial charge on any atom is -0.324 e. The molecule has 0 aliphatic carbocycles. The molecule has 1 unspecified atom stereocenters. The van der Waals surface area contributed by atoms with Gasteiger partial charge in [-0.15, -0.1) is 0 Å². The van der Waals surface area contributed by atoms with Crippen LogP contribution in [0.15, 0.2) is 12.4 Å². The minimum atomic E-state index is -2.84. The molecule has 1 saturated heterocycles. The molecule has 0 aromatic carbocycles. The Hall–Kier alpha value is -1.01. The quantitative estimate of drug-likeness (QED) is 0.758. The predicted octanol–water partition coefficient (Wildman–Crippen LogP) is -0.163. The number of hydrogen-bond acceptors (Lipinski definition) is 5. The van der Waals surface area contributed by atoms with E-state index < -0.39 is 9.84 Å². The van der Waals surface area contributed by atoms with E-state index in [-0.39, 0.29) is 17.4 Å². The van der Waals surface area contributed by atoms with Crippen LogP contribution in [0.1, 0.15) is 23.7 Å². The largest absolute Gasteiger partial charge is 0.324 e. The van der Waals surface area contributed by atoms with Crippen molar-refractivity contribution in [3.63, 3.8) is 0 Å². The second-order valence-corrected chi connectivity index (χ2v) is 5.97. The summed E-state index contributed by atoms with van der Waals surface area (Å²) in [6.45, 7) is 0.309. The summed E-state index contributed by atoms with van der Waals surface area (Å²) in [4.78, 5) is 8.12. The third-order valence-corrected chi connectivity index (χ3v) is 4.38. The first-order chi connectivity index (χ1) is 7.11. The van der Waals surface area contributed by atoms with Crippen molar-refractivity contribution >= 4 is 9.84 Å². The average Bonchev–Trinajstić information content (AvgIpc) is 2.59. The Morgan fingerprint density at radius 2 is 2.07 bits per heavy atom. The van der Waals surface area contributed by atoms with Crippen molar-refractivity contribution in [2.45, 2.75) is 18.9 Å². The smallest absolute Gasteiger partial charge is 0.150 e. The first-order valence-electron chi connectivity index (χ1n) is 4.82. The molecule has 1 aliphatic heterocycles. The zero-order valence-electron chi connectivity index (χ0n) is 8.26. The zero-order chi connectivity index (χ0) is 10.9. The number of aromatic nitrogens is 2. The van der Waals surface area contributed by atoms with Crippen molar-refractivity contribution in [1.82, 2.24) is 9.97 Å². The molecule has 15 heavy (non-hydrogen) atoms. The lowest BCUT2D eigenvalue weighted by Crippen LogP contribution is -2.07. The second kappa shape index (κ2) is 3.86. The summed E-state index contributed by atoms with van der Waals surface area (Å²) in [5.41, 5.74) is 6.27. The fourth-order valence-corrected chi connectivity index (χ4v) is 3.52. The summed E-state index contributed by atoms with van der Waals surface area (Å²) in [5.74, 6) is 1.13. The van der Waals surface area contributed by atoms with E-state index in [9.17, 15) is 8.42 Å². The molecule has 0 saturated carbocycles. The van der Waals surface area contributed by atoms with Crippen molar-refractivity contribution in [3.8, 4) is 0 Å². The molecule has 1 atom stereocenters. The van der Waals surface area contributed by atoms with Crippen LogP contribution in [0.4, 0.5) is 0 Å². The van der Waals surface area contributed by atoms with Crippen molar-refractivity contribution < 1.29 is 8.42 Å². The first-order valence-corrected chi connectivity index (χ1v) is 6.64. The van der Waals surface area contributed by atoms with Gasteiger partial charge in [0.05, 0.1) is 18.1 Å². The summed E-state index contributed by atoms with van der Waals surface area (Å²) in [6.07, 6.45) is 4.04. The van der Waals surface area contributed by atoms with E-state index in [0.717, 1.165) is 5.56 Å². The molecule has 0 bridgehead atoms. The topological polar surface area (TPSA) is 85.9 Å². The van der Waals surface area contributed by atoms with Gasteiger partial charge in [-0.05, 0) is 12.0 Å². The molecule has 1 fully saturated rings. The molecular weight excluding hydrogens is 214 g/mol. The van der Waals surface area contributed by atoms with E-state index in [1.165, 1.54) is 0 Å². The van der Waals surface area contributed by atoms with Crippen molar-refractivity contribution in [1.29, 1.82) is 0 Å². The van der Waals surface area contributed by atoms with Crippen LogP contribution < -0.4 is 5.73 Å². The Bertz CT molecular complexity index is 441. The van der Waals surface area contributed by atoms with Crippen LogP contribution in [0, 0.1) is 0 Å². The Kier molecular flexibility index (Phi) is 2.70. The van der Waals surface area contributed by atoms with Crippen LogP contribution in [-0.2, 0) is 16.4 Å². The van der Waals surface area contributed by atoms with E-state index in [1.54, 1.807) is 12.4 Å². The molecule has 1 aromatic rings. The molecule has 2 rings (SSSR count). The maximum atomic E-state index is 11.3. The molecular formula is C9H13N3O2S. The van der Waals surface area contributed by atoms with Gasteiger partial charge >= 0.3 is 0 Å². The molecule has 6 heteroatoms. The number of sulfone groups is 1. The Balaban J connectivity index is 2.17. The highest BCUT2D eigenvalue weighted by Crippen LogP contribution is 2.27. The molecule has 1 aromatic heterocycles. The van der Waals surface area contributed by atoms with Crippen LogP contribution in [-0.4, -0.2) is 29.9 Å². The second-order valence-electron chi connectivity index (χ2n) is 3.74. The van der Waals surface area contributed by atoms with Crippen molar-refractivity contribution in [2.75, 3.05) is 11.5 Å². The van der Waals surface area contributed by atoms with Crippen molar-refractivity contribution in [2.24, 2.45) is 5.73 Å². The lowest BCUT2D eigenvalue weighted by atomic mass is 10.0. The third-order valence-electron chi connectivity index (χ3n) is 2.61. The molecule has 2 heterocycles. The van der Waals surface area contributed by atoms with E-state index in [4.69, 9.17) is 5.73 Å². The molecule has 0 spiro atoms. The Labute approximate surface area is 88.7 Å². The van der Waals surface area contributed by atoms with Crippen LogP contribution >= 0.6 is 0 Å². The maximum absolute atomic E-state index is 11.3. The molecule has 0 radical (unpaired) electrons. The van der Waals surface area contributed by atoms with Gasteiger partial charge in [0.2, 0.25) is 0 Å². The number of hydrogen-bond donors (Lipinski definition) is 1. The molecule has 2 N–H and O–H groups in total. The van der Waals surface area contributed by atoms with Crippen LogP contribution in [0.5, 0.6) is 0 Å². The van der Waals surface area contributed by atoms with Gasteiger partial charge in [0, 0.05) is 18.3 Å². The maximum Gasteiger partial charge on any atom is 0.150 e. The summed E-state index contributed by atoms with van der Waals surface area (Å²) >= 11 is 0. The van der Waals surface area contributed by atoms with Gasteiger partial charge in [-0.1, -0.05) is 0 Å². The SMILES string of the molecule is NCc1ncc(C2CCS(=O)(=O)C2)cn1. The predicted molar refractivity (Wildman–Crippen MR) is 55.9 cm³/mol. The Morgan fingerprint density at radius 3 is 2.53 bits per heavy atom. The average molecular weight is 227 g/mol. The highest BCUT2D eigenvalue weighted by molar-refractivity contribution is 7.91. The molecule has 5 nitrogen and oxygen atoms in total. The first kappa shape index (κ1) is 10.5. The normalized spacial score (nSPS) is 24.2. The van der Waals surface area contributed by atoms with Crippen molar-refractivity contribution in [3.05, 3.63) is 23.8 Å². The molecule has 0 amide bonds. The zero-order valence-corrected chi connectivity index (χ0v) is 9.07. The van der Waals surface area contributed by atoms with Gasteiger partial charge in [-0.2, -0.15) is 0 Å². The number of nitrogens with two attached hydrogens (primary N) is 1. The van der Waals surface area contributed by atoms with Crippen LogP contribution in [0.2, 0.25) is 0 Å². The molecule has 82 valence electrons. The Morgan fingerprint density at radius 1 is 1.40 bits per heavy atom. The molecule has 1 aliphatic rings. The van der Waals surface area contributed by atoms with E-state index >= 15 is 0 Å². The fraction of sp³-hybridized carbons (Fsp3) is 0.556.